The molecule has 0 radical (unpaired) electrons. The predicted molar refractivity (Wildman–Crippen MR) is 99.0 cm³/mol. The molecule has 1 saturated heterocycles. The van der Waals surface area contributed by atoms with Crippen molar-refractivity contribution in [3.05, 3.63) is 53.6 Å². The average Bonchev–Trinajstić information content (AvgIpc) is 3.07. The average molecular weight is 340 g/mol. The summed E-state index contributed by atoms with van der Waals surface area (Å²) in [6.07, 6.45) is 1.49. The summed E-state index contributed by atoms with van der Waals surface area (Å²) in [5, 5.41) is 12.7. The number of benzene rings is 2. The number of nitrogens with one attached hydrogen (secondary N) is 1. The Hall–Kier alpha value is -2.53. The molecule has 1 amide bonds. The van der Waals surface area contributed by atoms with Gasteiger partial charge in [-0.05, 0) is 36.6 Å². The number of amides is 1. The molecule has 0 spiro atoms. The smallest absolute Gasteiger partial charge is 0.227 e. The van der Waals surface area contributed by atoms with Gasteiger partial charge in [-0.2, -0.15) is 0 Å². The van der Waals surface area contributed by atoms with Gasteiger partial charge in [-0.1, -0.05) is 24.3 Å². The van der Waals surface area contributed by atoms with Crippen LogP contribution in [0.2, 0.25) is 0 Å². The van der Waals surface area contributed by atoms with Gasteiger partial charge in [0.15, 0.2) is 0 Å². The van der Waals surface area contributed by atoms with E-state index in [-0.39, 0.29) is 18.6 Å². The molecule has 1 heterocycles. The molecule has 25 heavy (non-hydrogen) atoms. The minimum atomic E-state index is 0.0347. The Bertz CT molecular complexity index is 760. The van der Waals surface area contributed by atoms with Crippen molar-refractivity contribution < 1.29 is 14.6 Å². The van der Waals surface area contributed by atoms with Crippen LogP contribution >= 0.6 is 0 Å². The van der Waals surface area contributed by atoms with Crippen LogP contribution in [0, 0.1) is 0 Å². The lowest BCUT2D eigenvalue weighted by atomic mass is 10.0. The zero-order valence-electron chi connectivity index (χ0n) is 14.7. The highest BCUT2D eigenvalue weighted by atomic mass is 16.5. The molecule has 1 fully saturated rings. The third-order valence-corrected chi connectivity index (χ3v) is 4.56. The van der Waals surface area contributed by atoms with Crippen LogP contribution in [0.1, 0.15) is 36.9 Å². The van der Waals surface area contributed by atoms with Gasteiger partial charge in [-0.15, -0.1) is 0 Å². The second-order valence-corrected chi connectivity index (χ2v) is 6.30. The molecule has 2 aromatic carbocycles. The first-order valence-corrected chi connectivity index (χ1v) is 8.57. The molecule has 5 nitrogen and oxygen atoms in total. The number of aliphatic hydroxyl groups is 1. The molecular weight excluding hydrogens is 316 g/mol. The van der Waals surface area contributed by atoms with Crippen LogP contribution in [0.3, 0.4) is 0 Å². The van der Waals surface area contributed by atoms with Gasteiger partial charge in [0, 0.05) is 30.8 Å². The first-order valence-electron chi connectivity index (χ1n) is 8.57. The summed E-state index contributed by atoms with van der Waals surface area (Å²) in [5.74, 6) is 0.838. The Balaban J connectivity index is 1.79. The molecule has 1 aliphatic heterocycles. The second-order valence-electron chi connectivity index (χ2n) is 6.30. The Labute approximate surface area is 148 Å². The molecule has 2 aromatic rings. The van der Waals surface area contributed by atoms with Crippen molar-refractivity contribution in [2.45, 2.75) is 32.4 Å². The fourth-order valence-corrected chi connectivity index (χ4v) is 3.19. The van der Waals surface area contributed by atoms with E-state index in [1.165, 1.54) is 0 Å². The fraction of sp³-hybridized carbons (Fsp3) is 0.350. The Kier molecular flexibility index (Phi) is 5.24. The van der Waals surface area contributed by atoms with Crippen molar-refractivity contribution in [2.75, 3.05) is 23.9 Å². The number of aliphatic hydroxyl groups excluding tert-OH is 1. The van der Waals surface area contributed by atoms with E-state index < -0.39 is 0 Å². The van der Waals surface area contributed by atoms with Gasteiger partial charge in [-0.25, -0.2) is 0 Å². The molecule has 1 unspecified atom stereocenters. The Morgan fingerprint density at radius 2 is 2.12 bits per heavy atom. The van der Waals surface area contributed by atoms with Crippen molar-refractivity contribution in [1.82, 2.24) is 0 Å². The number of anilines is 2. The van der Waals surface area contributed by atoms with Gasteiger partial charge in [-0.3, -0.25) is 4.79 Å². The number of methoxy groups -OCH3 is 1. The summed E-state index contributed by atoms with van der Waals surface area (Å²) >= 11 is 0. The van der Waals surface area contributed by atoms with E-state index in [2.05, 4.69) is 12.2 Å². The number of ether oxygens (including phenoxy) is 1. The van der Waals surface area contributed by atoms with Crippen molar-refractivity contribution in [3.63, 3.8) is 0 Å². The van der Waals surface area contributed by atoms with Gasteiger partial charge in [0.1, 0.15) is 5.75 Å². The van der Waals surface area contributed by atoms with Crippen LogP contribution in [-0.4, -0.2) is 24.7 Å². The molecule has 0 saturated carbocycles. The van der Waals surface area contributed by atoms with Crippen LogP contribution in [0.4, 0.5) is 11.4 Å². The van der Waals surface area contributed by atoms with E-state index >= 15 is 0 Å². The summed E-state index contributed by atoms with van der Waals surface area (Å²) in [6.45, 7) is 2.85. The third-order valence-electron chi connectivity index (χ3n) is 4.56. The first kappa shape index (κ1) is 17.3. The molecule has 5 heteroatoms. The highest BCUT2D eigenvalue weighted by Crippen LogP contribution is 2.34. The van der Waals surface area contributed by atoms with Gasteiger partial charge < -0.3 is 20.1 Å². The topological polar surface area (TPSA) is 61.8 Å². The van der Waals surface area contributed by atoms with Crippen LogP contribution in [0.25, 0.3) is 0 Å². The number of carbonyl (C=O) groups excluding carboxylic acids is 1. The zero-order chi connectivity index (χ0) is 17.8. The quantitative estimate of drug-likeness (QED) is 0.845. The summed E-state index contributed by atoms with van der Waals surface area (Å²) in [7, 11) is 1.62. The SMILES string of the molecule is COc1cc(NC(C)c2cccc(CO)c2)ccc1N1CCCC1=O. The number of rotatable bonds is 6. The fourth-order valence-electron chi connectivity index (χ4n) is 3.19. The van der Waals surface area contributed by atoms with E-state index in [1.54, 1.807) is 12.0 Å². The highest BCUT2D eigenvalue weighted by molar-refractivity contribution is 5.97. The van der Waals surface area contributed by atoms with Crippen LogP contribution in [0.15, 0.2) is 42.5 Å². The van der Waals surface area contributed by atoms with E-state index in [1.807, 2.05) is 42.5 Å². The van der Waals surface area contributed by atoms with Crippen LogP contribution < -0.4 is 15.0 Å². The predicted octanol–water partition coefficient (Wildman–Crippen LogP) is 3.49. The molecule has 0 aromatic heterocycles. The summed E-state index contributed by atoms with van der Waals surface area (Å²) in [6, 6.07) is 13.8. The second kappa shape index (κ2) is 7.57. The standard InChI is InChI=1S/C20H24N2O3/c1-14(16-6-3-5-15(11-16)13-23)21-17-8-9-18(19(12-17)25-2)22-10-4-7-20(22)24/h3,5-6,8-9,11-12,14,21,23H,4,7,10,13H2,1-2H3. The minimum Gasteiger partial charge on any atom is -0.494 e. The van der Waals surface area contributed by atoms with Gasteiger partial charge in [0.05, 0.1) is 19.4 Å². The van der Waals surface area contributed by atoms with E-state index in [9.17, 15) is 9.90 Å². The van der Waals surface area contributed by atoms with Gasteiger partial charge >= 0.3 is 0 Å². The number of hydrogen-bond donors (Lipinski definition) is 2. The molecule has 132 valence electrons. The lowest BCUT2D eigenvalue weighted by Crippen LogP contribution is -2.24. The normalized spacial score (nSPS) is 15.3. The number of carbonyl (C=O) groups is 1. The molecular formula is C20H24N2O3. The van der Waals surface area contributed by atoms with Crippen molar-refractivity contribution >= 4 is 17.3 Å². The van der Waals surface area contributed by atoms with Crippen molar-refractivity contribution in [2.24, 2.45) is 0 Å². The van der Waals surface area contributed by atoms with Gasteiger partial charge in [0.25, 0.3) is 0 Å². The molecule has 3 rings (SSSR count). The maximum Gasteiger partial charge on any atom is 0.227 e. The monoisotopic (exact) mass is 340 g/mol. The lowest BCUT2D eigenvalue weighted by molar-refractivity contribution is -0.117. The van der Waals surface area contributed by atoms with E-state index in [0.717, 1.165) is 35.5 Å². The molecule has 2 N–H and O–H groups in total. The van der Waals surface area contributed by atoms with E-state index in [4.69, 9.17) is 4.74 Å². The Morgan fingerprint density at radius 1 is 1.28 bits per heavy atom. The molecule has 0 aliphatic carbocycles. The Morgan fingerprint density at radius 3 is 2.80 bits per heavy atom. The lowest BCUT2D eigenvalue weighted by Gasteiger charge is -2.21. The maximum absolute atomic E-state index is 12.0. The summed E-state index contributed by atoms with van der Waals surface area (Å²) < 4.78 is 5.50. The minimum absolute atomic E-state index is 0.0347. The molecule has 0 bridgehead atoms. The first-order chi connectivity index (χ1) is 12.1. The largest absolute Gasteiger partial charge is 0.494 e. The zero-order valence-corrected chi connectivity index (χ0v) is 14.7. The number of hydrogen-bond acceptors (Lipinski definition) is 4. The van der Waals surface area contributed by atoms with E-state index in [0.29, 0.717) is 12.2 Å². The maximum atomic E-state index is 12.0. The van der Waals surface area contributed by atoms with Gasteiger partial charge in [0.2, 0.25) is 5.91 Å². The molecule has 1 atom stereocenters. The number of nitrogens with zero attached hydrogens (tertiary/aromatic N) is 1. The molecule has 1 aliphatic rings. The highest BCUT2D eigenvalue weighted by Gasteiger charge is 2.24. The third kappa shape index (κ3) is 3.77. The van der Waals surface area contributed by atoms with Crippen LogP contribution in [-0.2, 0) is 11.4 Å². The van der Waals surface area contributed by atoms with Crippen molar-refractivity contribution in [1.29, 1.82) is 0 Å². The summed E-state index contributed by atoms with van der Waals surface area (Å²) in [4.78, 5) is 13.8. The summed E-state index contributed by atoms with van der Waals surface area (Å²) in [5.41, 5.74) is 3.75. The van der Waals surface area contributed by atoms with Crippen LogP contribution in [0.5, 0.6) is 5.75 Å². The van der Waals surface area contributed by atoms with Crippen molar-refractivity contribution in [3.8, 4) is 5.75 Å².